The molecule has 1 atom stereocenters. The van der Waals surface area contributed by atoms with Crippen molar-refractivity contribution in [3.63, 3.8) is 0 Å². The maximum absolute atomic E-state index is 12.2. The molecule has 1 aliphatic heterocycles. The van der Waals surface area contributed by atoms with Crippen LogP contribution in [-0.4, -0.2) is 47.4 Å². The number of aromatic nitrogens is 1. The molecular formula is C12H16N4O2. The fourth-order valence-corrected chi connectivity index (χ4v) is 1.96. The lowest BCUT2D eigenvalue weighted by atomic mass is 10.2. The third-order valence-electron chi connectivity index (χ3n) is 3.03. The predicted octanol–water partition coefficient (Wildman–Crippen LogP) is -0.386. The average molecular weight is 248 g/mol. The van der Waals surface area contributed by atoms with Crippen LogP contribution in [0, 0.1) is 0 Å². The largest absolute Gasteiger partial charge is 0.366 e. The van der Waals surface area contributed by atoms with Crippen LogP contribution in [-0.2, 0) is 0 Å². The zero-order valence-corrected chi connectivity index (χ0v) is 10.2. The van der Waals surface area contributed by atoms with Crippen LogP contribution in [0.2, 0.25) is 0 Å². The summed E-state index contributed by atoms with van der Waals surface area (Å²) < 4.78 is 0. The number of hydrogen-bond acceptors (Lipinski definition) is 4. The Morgan fingerprint density at radius 1 is 1.50 bits per heavy atom. The molecule has 2 heterocycles. The van der Waals surface area contributed by atoms with Crippen molar-refractivity contribution >= 4 is 11.8 Å². The van der Waals surface area contributed by atoms with Gasteiger partial charge in [-0.15, -0.1) is 0 Å². The van der Waals surface area contributed by atoms with E-state index >= 15 is 0 Å². The van der Waals surface area contributed by atoms with E-state index in [2.05, 4.69) is 10.3 Å². The number of carbonyl (C=O) groups excluding carboxylic acids is 2. The normalized spacial score (nSPS) is 19.6. The summed E-state index contributed by atoms with van der Waals surface area (Å²) >= 11 is 0. The highest BCUT2D eigenvalue weighted by Crippen LogP contribution is 2.09. The van der Waals surface area contributed by atoms with Crippen molar-refractivity contribution in [2.75, 3.05) is 19.6 Å². The van der Waals surface area contributed by atoms with Gasteiger partial charge in [0.05, 0.1) is 5.56 Å². The van der Waals surface area contributed by atoms with Crippen molar-refractivity contribution in [1.82, 2.24) is 15.2 Å². The molecule has 0 aromatic carbocycles. The van der Waals surface area contributed by atoms with Gasteiger partial charge >= 0.3 is 0 Å². The first-order chi connectivity index (χ1) is 8.59. The fourth-order valence-electron chi connectivity index (χ4n) is 1.96. The second-order valence-corrected chi connectivity index (χ2v) is 4.35. The van der Waals surface area contributed by atoms with Crippen molar-refractivity contribution in [2.24, 2.45) is 5.73 Å². The molecule has 6 heteroatoms. The first kappa shape index (κ1) is 12.5. The second-order valence-electron chi connectivity index (χ2n) is 4.35. The van der Waals surface area contributed by atoms with Gasteiger partial charge in [0, 0.05) is 31.9 Å². The van der Waals surface area contributed by atoms with E-state index < -0.39 is 5.91 Å². The quantitative estimate of drug-likeness (QED) is 0.746. The lowest BCUT2D eigenvalue weighted by molar-refractivity contribution is 0.0649. The zero-order chi connectivity index (χ0) is 13.1. The number of nitrogens with two attached hydrogens (primary N) is 1. The molecule has 1 fully saturated rings. The Balaban J connectivity index is 2.15. The first-order valence-electron chi connectivity index (χ1n) is 5.87. The molecule has 3 N–H and O–H groups in total. The molecule has 6 nitrogen and oxygen atoms in total. The number of amides is 2. The molecule has 1 aromatic rings. The number of nitrogens with zero attached hydrogens (tertiary/aromatic N) is 2. The molecule has 0 saturated carbocycles. The van der Waals surface area contributed by atoms with Crippen LogP contribution < -0.4 is 11.1 Å². The van der Waals surface area contributed by atoms with Crippen molar-refractivity contribution in [2.45, 2.75) is 13.0 Å². The van der Waals surface area contributed by atoms with E-state index in [1.54, 1.807) is 4.90 Å². The Hall–Kier alpha value is -1.95. The third kappa shape index (κ3) is 2.48. The molecule has 96 valence electrons. The van der Waals surface area contributed by atoms with Crippen LogP contribution in [0.1, 0.15) is 27.8 Å². The molecule has 2 amide bonds. The molecule has 2 rings (SSSR count). The van der Waals surface area contributed by atoms with Crippen LogP contribution in [0.25, 0.3) is 0 Å². The highest BCUT2D eigenvalue weighted by Gasteiger charge is 2.24. The first-order valence-corrected chi connectivity index (χ1v) is 5.87. The molecule has 0 unspecified atom stereocenters. The summed E-state index contributed by atoms with van der Waals surface area (Å²) in [5, 5.41) is 3.22. The van der Waals surface area contributed by atoms with E-state index in [1.165, 1.54) is 18.3 Å². The van der Waals surface area contributed by atoms with Crippen LogP contribution in [0.4, 0.5) is 0 Å². The van der Waals surface area contributed by atoms with Gasteiger partial charge in [-0.3, -0.25) is 14.6 Å². The van der Waals surface area contributed by atoms with Crippen LogP contribution in [0.5, 0.6) is 0 Å². The van der Waals surface area contributed by atoms with E-state index in [-0.39, 0.29) is 11.9 Å². The van der Waals surface area contributed by atoms with Gasteiger partial charge in [-0.25, -0.2) is 0 Å². The Morgan fingerprint density at radius 2 is 2.28 bits per heavy atom. The molecule has 0 aliphatic carbocycles. The number of piperazine rings is 1. The smallest absolute Gasteiger partial charge is 0.272 e. The monoisotopic (exact) mass is 248 g/mol. The summed E-state index contributed by atoms with van der Waals surface area (Å²) in [5.74, 6) is -0.656. The van der Waals surface area contributed by atoms with Gasteiger partial charge in [-0.1, -0.05) is 0 Å². The number of rotatable bonds is 2. The van der Waals surface area contributed by atoms with Gasteiger partial charge in [0.2, 0.25) is 5.91 Å². The van der Waals surface area contributed by atoms with E-state index in [1.807, 2.05) is 6.92 Å². The summed E-state index contributed by atoms with van der Waals surface area (Å²) in [6.45, 7) is 4.22. The van der Waals surface area contributed by atoms with Gasteiger partial charge in [0.1, 0.15) is 5.69 Å². The minimum atomic E-state index is -0.544. The topological polar surface area (TPSA) is 88.3 Å². The summed E-state index contributed by atoms with van der Waals surface area (Å²) in [5.41, 5.74) is 5.77. The number of primary amides is 1. The van der Waals surface area contributed by atoms with Gasteiger partial charge in [0.25, 0.3) is 5.91 Å². The number of pyridine rings is 1. The lowest BCUT2D eigenvalue weighted by Crippen LogP contribution is -2.52. The van der Waals surface area contributed by atoms with E-state index in [0.29, 0.717) is 17.8 Å². The Bertz CT molecular complexity index is 458. The van der Waals surface area contributed by atoms with Gasteiger partial charge in [0.15, 0.2) is 0 Å². The van der Waals surface area contributed by atoms with Crippen molar-refractivity contribution in [1.29, 1.82) is 0 Å². The second kappa shape index (κ2) is 5.14. The molecule has 1 saturated heterocycles. The fraction of sp³-hybridized carbons (Fsp3) is 0.417. The molecule has 0 bridgehead atoms. The predicted molar refractivity (Wildman–Crippen MR) is 66.1 cm³/mol. The summed E-state index contributed by atoms with van der Waals surface area (Å²) in [6.07, 6.45) is 1.34. The Labute approximate surface area is 105 Å². The molecule has 0 radical (unpaired) electrons. The lowest BCUT2D eigenvalue weighted by Gasteiger charge is -2.33. The van der Waals surface area contributed by atoms with Crippen molar-refractivity contribution in [3.05, 3.63) is 29.6 Å². The van der Waals surface area contributed by atoms with E-state index in [9.17, 15) is 9.59 Å². The van der Waals surface area contributed by atoms with Crippen molar-refractivity contribution in [3.8, 4) is 0 Å². The SMILES string of the molecule is C[C@H]1CNCCN1C(=O)c1ccc(C(N)=O)cn1. The van der Waals surface area contributed by atoms with Crippen LogP contribution in [0.15, 0.2) is 18.3 Å². The summed E-state index contributed by atoms with van der Waals surface area (Å²) in [4.78, 5) is 28.9. The number of nitrogens with one attached hydrogen (secondary N) is 1. The maximum atomic E-state index is 12.2. The van der Waals surface area contributed by atoms with Gasteiger partial charge in [-0.2, -0.15) is 0 Å². The minimum Gasteiger partial charge on any atom is -0.366 e. The standard InChI is InChI=1S/C12H16N4O2/c1-8-6-14-4-5-16(8)12(18)10-3-2-9(7-15-10)11(13)17/h2-3,7-8,14H,4-6H2,1H3,(H2,13,17)/t8-/m0/s1. The molecule has 0 spiro atoms. The average Bonchev–Trinajstić information content (AvgIpc) is 2.38. The maximum Gasteiger partial charge on any atom is 0.272 e. The van der Waals surface area contributed by atoms with Crippen LogP contribution in [0.3, 0.4) is 0 Å². The van der Waals surface area contributed by atoms with E-state index in [4.69, 9.17) is 5.73 Å². The Morgan fingerprint density at radius 3 is 2.83 bits per heavy atom. The highest BCUT2D eigenvalue weighted by molar-refractivity contribution is 5.95. The zero-order valence-electron chi connectivity index (χ0n) is 10.2. The number of carbonyl (C=O) groups is 2. The van der Waals surface area contributed by atoms with Gasteiger partial charge < -0.3 is 16.0 Å². The van der Waals surface area contributed by atoms with Crippen LogP contribution >= 0.6 is 0 Å². The summed E-state index contributed by atoms with van der Waals surface area (Å²) in [6, 6.07) is 3.20. The van der Waals surface area contributed by atoms with Crippen molar-refractivity contribution < 1.29 is 9.59 Å². The molecule has 1 aliphatic rings. The van der Waals surface area contributed by atoms with E-state index in [0.717, 1.165) is 13.1 Å². The molecule has 1 aromatic heterocycles. The molecular weight excluding hydrogens is 232 g/mol. The summed E-state index contributed by atoms with van der Waals surface area (Å²) in [7, 11) is 0. The molecule has 18 heavy (non-hydrogen) atoms. The minimum absolute atomic E-state index is 0.111. The third-order valence-corrected chi connectivity index (χ3v) is 3.03. The number of hydrogen-bond donors (Lipinski definition) is 2. The Kier molecular flexibility index (Phi) is 3.57. The highest BCUT2D eigenvalue weighted by atomic mass is 16.2. The van der Waals surface area contributed by atoms with Gasteiger partial charge in [-0.05, 0) is 19.1 Å².